The fourth-order valence-corrected chi connectivity index (χ4v) is 4.57. The van der Waals surface area contributed by atoms with E-state index < -0.39 is 10.0 Å². The first-order chi connectivity index (χ1) is 13.8. The Morgan fingerprint density at radius 2 is 1.66 bits per heavy atom. The van der Waals surface area contributed by atoms with Gasteiger partial charge >= 0.3 is 0 Å². The third-order valence-electron chi connectivity index (χ3n) is 5.29. The van der Waals surface area contributed by atoms with Crippen LogP contribution in [0.25, 0.3) is 11.1 Å². The lowest BCUT2D eigenvalue weighted by molar-refractivity contribution is 0.606. The minimum Gasteiger partial charge on any atom is -0.284 e. The van der Waals surface area contributed by atoms with Crippen LogP contribution in [0.1, 0.15) is 34.7 Å². The maximum Gasteiger partial charge on any atom is 0.229 e. The highest BCUT2D eigenvalue weighted by Gasteiger charge is 2.22. The van der Waals surface area contributed by atoms with Gasteiger partial charge in [-0.25, -0.2) is 12.8 Å². The van der Waals surface area contributed by atoms with Crippen LogP contribution in [0.5, 0.6) is 0 Å². The minimum atomic E-state index is -3.37. The second-order valence-electron chi connectivity index (χ2n) is 7.38. The number of aryl methyl sites for hydroxylation is 1. The monoisotopic (exact) mass is 407 g/mol. The molecule has 0 amide bonds. The number of hydrogen-bond acceptors (Lipinski definition) is 2. The smallest absolute Gasteiger partial charge is 0.229 e. The number of benzene rings is 3. The van der Waals surface area contributed by atoms with Gasteiger partial charge in [-0.2, -0.15) is 0 Å². The van der Waals surface area contributed by atoms with Crippen molar-refractivity contribution < 1.29 is 12.8 Å². The van der Waals surface area contributed by atoms with E-state index in [1.165, 1.54) is 11.6 Å². The van der Waals surface area contributed by atoms with Crippen LogP contribution < -0.4 is 4.72 Å². The van der Waals surface area contributed by atoms with Gasteiger partial charge in [0.05, 0.1) is 6.26 Å². The Morgan fingerprint density at radius 1 is 0.931 bits per heavy atom. The molecule has 0 heterocycles. The molecule has 148 valence electrons. The number of fused-ring (bicyclic) bond motifs is 2. The molecule has 0 atom stereocenters. The second kappa shape index (κ2) is 7.48. The Labute approximate surface area is 171 Å². The van der Waals surface area contributed by atoms with Crippen LogP contribution >= 0.6 is 0 Å². The first-order valence-electron chi connectivity index (χ1n) is 9.48. The van der Waals surface area contributed by atoms with Gasteiger partial charge in [-0.3, -0.25) is 4.72 Å². The van der Waals surface area contributed by atoms with Gasteiger partial charge in [-0.1, -0.05) is 48.5 Å². The average Bonchev–Trinajstić information content (AvgIpc) is 2.84. The van der Waals surface area contributed by atoms with E-state index in [1.807, 2.05) is 43.3 Å². The van der Waals surface area contributed by atoms with E-state index in [9.17, 15) is 12.8 Å². The molecule has 4 rings (SSSR count). The maximum atomic E-state index is 14.7. The molecule has 0 aromatic heterocycles. The number of rotatable bonds is 3. The van der Waals surface area contributed by atoms with Crippen molar-refractivity contribution in [3.63, 3.8) is 0 Å². The average molecular weight is 408 g/mol. The van der Waals surface area contributed by atoms with E-state index >= 15 is 0 Å². The topological polar surface area (TPSA) is 46.2 Å². The van der Waals surface area contributed by atoms with Crippen LogP contribution in [0.15, 0.2) is 66.7 Å². The molecule has 0 saturated heterocycles. The van der Waals surface area contributed by atoms with E-state index in [0.29, 0.717) is 12.1 Å². The zero-order valence-electron chi connectivity index (χ0n) is 16.4. The highest BCUT2D eigenvalue weighted by molar-refractivity contribution is 7.92. The molecule has 1 N–H and O–H groups in total. The predicted molar refractivity (Wildman–Crippen MR) is 117 cm³/mol. The Balaban J connectivity index is 1.97. The van der Waals surface area contributed by atoms with Crippen LogP contribution in [0.4, 0.5) is 10.1 Å². The predicted octanol–water partition coefficient (Wildman–Crippen LogP) is 5.27. The van der Waals surface area contributed by atoms with Gasteiger partial charge in [0.25, 0.3) is 0 Å². The number of sulfonamides is 1. The van der Waals surface area contributed by atoms with Crippen molar-refractivity contribution in [2.24, 2.45) is 0 Å². The van der Waals surface area contributed by atoms with Gasteiger partial charge in [0.2, 0.25) is 10.0 Å². The number of nitrogens with one attached hydrogen (secondary N) is 1. The van der Waals surface area contributed by atoms with Crippen molar-refractivity contribution in [1.82, 2.24) is 0 Å². The van der Waals surface area contributed by atoms with Crippen LogP contribution in [0.3, 0.4) is 0 Å². The minimum absolute atomic E-state index is 0.187. The first kappa shape index (κ1) is 19.4. The molecule has 0 bridgehead atoms. The number of halogens is 1. The maximum absolute atomic E-state index is 14.7. The third kappa shape index (κ3) is 3.96. The molecule has 0 fully saturated rings. The summed E-state index contributed by atoms with van der Waals surface area (Å²) in [6.07, 6.45) is 2.55. The molecule has 0 radical (unpaired) electrons. The van der Waals surface area contributed by atoms with Crippen LogP contribution in [0.2, 0.25) is 0 Å². The lowest BCUT2D eigenvalue weighted by Gasteiger charge is -2.17. The van der Waals surface area contributed by atoms with Gasteiger partial charge in [0.1, 0.15) is 5.82 Å². The molecule has 0 saturated carbocycles. The van der Waals surface area contributed by atoms with Gasteiger partial charge in [0, 0.05) is 5.69 Å². The molecule has 3 nitrogen and oxygen atoms in total. The molecular weight excluding hydrogens is 385 g/mol. The quantitative estimate of drug-likeness (QED) is 0.642. The van der Waals surface area contributed by atoms with Crippen molar-refractivity contribution >= 4 is 26.9 Å². The molecule has 0 spiro atoms. The largest absolute Gasteiger partial charge is 0.284 e. The molecule has 0 aliphatic heterocycles. The lowest BCUT2D eigenvalue weighted by atomic mass is 9.88. The van der Waals surface area contributed by atoms with Crippen molar-refractivity contribution in [2.75, 3.05) is 11.0 Å². The summed E-state index contributed by atoms with van der Waals surface area (Å²) in [5, 5.41) is 0. The Bertz CT molecular complexity index is 1230. The van der Waals surface area contributed by atoms with Gasteiger partial charge in [-0.05, 0) is 76.9 Å². The van der Waals surface area contributed by atoms with Crippen molar-refractivity contribution in [3.8, 4) is 0 Å². The van der Waals surface area contributed by atoms with Gasteiger partial charge in [0.15, 0.2) is 0 Å². The van der Waals surface area contributed by atoms with E-state index in [1.54, 1.807) is 12.1 Å². The summed E-state index contributed by atoms with van der Waals surface area (Å²) < 4.78 is 40.5. The van der Waals surface area contributed by atoms with Crippen LogP contribution in [0, 0.1) is 5.82 Å². The van der Waals surface area contributed by atoms with Crippen molar-refractivity contribution in [3.05, 3.63) is 100 Å². The molecular formula is C24H22FNO2S. The number of anilines is 1. The molecule has 1 aliphatic carbocycles. The zero-order chi connectivity index (χ0) is 20.6. The zero-order valence-corrected chi connectivity index (χ0v) is 17.2. The normalized spacial score (nSPS) is 15.1. The standard InChI is InChI=1S/C24H22FNO2S/c1-16(18-8-5-9-19(15-18)26-29(2,27)28)24-20-10-4-3-7-17(20)13-14-21-22(24)11-6-12-23(21)25/h3-12,15,26H,13-14H2,1-2H3. The van der Waals surface area contributed by atoms with Gasteiger partial charge < -0.3 is 0 Å². The molecule has 3 aromatic carbocycles. The molecule has 0 unspecified atom stereocenters. The summed E-state index contributed by atoms with van der Waals surface area (Å²) in [4.78, 5) is 0. The summed E-state index contributed by atoms with van der Waals surface area (Å²) in [7, 11) is -3.37. The lowest BCUT2D eigenvalue weighted by Crippen LogP contribution is -2.09. The molecule has 3 aromatic rings. The van der Waals surface area contributed by atoms with E-state index in [-0.39, 0.29) is 5.82 Å². The third-order valence-corrected chi connectivity index (χ3v) is 5.90. The Hall–Kier alpha value is -2.92. The summed E-state index contributed by atoms with van der Waals surface area (Å²) in [5.41, 5.74) is 7.26. The summed E-state index contributed by atoms with van der Waals surface area (Å²) >= 11 is 0. The molecule has 5 heteroatoms. The Morgan fingerprint density at radius 3 is 2.45 bits per heavy atom. The number of hydrogen-bond donors (Lipinski definition) is 1. The highest BCUT2D eigenvalue weighted by atomic mass is 32.2. The van der Waals surface area contributed by atoms with E-state index in [0.717, 1.165) is 46.1 Å². The van der Waals surface area contributed by atoms with Crippen LogP contribution in [-0.4, -0.2) is 14.7 Å². The van der Waals surface area contributed by atoms with Crippen molar-refractivity contribution in [1.29, 1.82) is 0 Å². The summed E-state index contributed by atoms with van der Waals surface area (Å²) in [6, 6.07) is 20.7. The Kier molecular flexibility index (Phi) is 5.01. The fourth-order valence-electron chi connectivity index (χ4n) is 4.01. The summed E-state index contributed by atoms with van der Waals surface area (Å²) in [6.45, 7) is 2.01. The van der Waals surface area contributed by atoms with Gasteiger partial charge in [-0.15, -0.1) is 0 Å². The second-order valence-corrected chi connectivity index (χ2v) is 9.13. The van der Waals surface area contributed by atoms with Crippen molar-refractivity contribution in [2.45, 2.75) is 19.8 Å². The highest BCUT2D eigenvalue weighted by Crippen LogP contribution is 2.39. The SMILES string of the molecule is CC(=C1c2ccccc2CCc2c(F)cccc21)c1cccc(NS(C)(=O)=O)c1. The molecule has 29 heavy (non-hydrogen) atoms. The van der Waals surface area contributed by atoms with Crippen LogP contribution in [-0.2, 0) is 22.9 Å². The first-order valence-corrected chi connectivity index (χ1v) is 11.4. The van der Waals surface area contributed by atoms with E-state index in [2.05, 4.69) is 16.9 Å². The fraction of sp³-hybridized carbons (Fsp3) is 0.167. The van der Waals surface area contributed by atoms with E-state index in [4.69, 9.17) is 0 Å². The summed E-state index contributed by atoms with van der Waals surface area (Å²) in [5.74, 6) is -0.187. The molecule has 1 aliphatic rings. The number of allylic oxidation sites excluding steroid dienone is 1.